The predicted octanol–water partition coefficient (Wildman–Crippen LogP) is 5.06. The Morgan fingerprint density at radius 3 is 2.72 bits per heavy atom. The van der Waals surface area contributed by atoms with Crippen molar-refractivity contribution >= 4 is 5.78 Å². The van der Waals surface area contributed by atoms with Gasteiger partial charge in [0.1, 0.15) is 12.6 Å². The molecule has 1 aromatic rings. The standard InChI is InChI=1S/C30H41N3O3/c1-3-36-19-29(35)13-14-30(20-4-5-20)21(16-29)6-7-23-24-8-9-26(28(24,2)12-10-25(23)30)27(34)18-33-15-11-22(17-31)32-33/h9,11,15,20-21,23-25,35H,3-8,10,12-14,16,18-19H2,1-2H3/t21-,23+,24+,25+,28+,29-,30-/m1/s1. The van der Waals surface area contributed by atoms with Crippen LogP contribution >= 0.6 is 0 Å². The molecule has 5 aliphatic carbocycles. The molecule has 0 saturated heterocycles. The lowest BCUT2D eigenvalue weighted by molar-refractivity contribution is -0.176. The highest BCUT2D eigenvalue weighted by molar-refractivity contribution is 5.97. The van der Waals surface area contributed by atoms with Crippen LogP contribution in [0.5, 0.6) is 0 Å². The fourth-order valence-electron chi connectivity index (χ4n) is 9.64. The molecule has 5 aliphatic rings. The van der Waals surface area contributed by atoms with Crippen molar-refractivity contribution in [2.24, 2.45) is 40.4 Å². The van der Waals surface area contributed by atoms with E-state index in [0.717, 1.165) is 49.5 Å². The molecular weight excluding hydrogens is 450 g/mol. The monoisotopic (exact) mass is 491 g/mol. The molecule has 6 heteroatoms. The number of nitriles is 1. The van der Waals surface area contributed by atoms with Crippen molar-refractivity contribution in [3.63, 3.8) is 0 Å². The smallest absolute Gasteiger partial charge is 0.180 e. The molecule has 6 rings (SSSR count). The molecule has 7 atom stereocenters. The van der Waals surface area contributed by atoms with Gasteiger partial charge >= 0.3 is 0 Å². The Balaban J connectivity index is 1.21. The molecule has 4 fully saturated rings. The number of carbonyl (C=O) groups is 1. The van der Waals surface area contributed by atoms with E-state index in [4.69, 9.17) is 10.00 Å². The van der Waals surface area contributed by atoms with E-state index < -0.39 is 5.60 Å². The van der Waals surface area contributed by atoms with Crippen LogP contribution < -0.4 is 0 Å². The fraction of sp³-hybridized carbons (Fsp3) is 0.767. The lowest BCUT2D eigenvalue weighted by Gasteiger charge is -2.63. The maximum absolute atomic E-state index is 13.4. The van der Waals surface area contributed by atoms with Crippen LogP contribution in [0.15, 0.2) is 23.9 Å². The number of nitrogens with zero attached hydrogens (tertiary/aromatic N) is 3. The number of ketones is 1. The minimum atomic E-state index is -0.651. The van der Waals surface area contributed by atoms with Gasteiger partial charge in [-0.05, 0) is 123 Å². The Labute approximate surface area is 215 Å². The third-order valence-corrected chi connectivity index (χ3v) is 11.2. The minimum Gasteiger partial charge on any atom is -0.387 e. The van der Waals surface area contributed by atoms with E-state index in [-0.39, 0.29) is 17.7 Å². The van der Waals surface area contributed by atoms with E-state index in [2.05, 4.69) is 18.1 Å². The van der Waals surface area contributed by atoms with E-state index in [1.165, 1.54) is 32.1 Å². The zero-order chi connectivity index (χ0) is 25.1. The number of carbonyl (C=O) groups excluding carboxylic acids is 1. The molecule has 0 aliphatic heterocycles. The van der Waals surface area contributed by atoms with E-state index in [9.17, 15) is 9.90 Å². The van der Waals surface area contributed by atoms with E-state index >= 15 is 0 Å². The van der Waals surface area contributed by atoms with Crippen LogP contribution in [-0.4, -0.2) is 39.5 Å². The Kier molecular flexibility index (Phi) is 5.96. The summed E-state index contributed by atoms with van der Waals surface area (Å²) in [5.41, 5.74) is 1.05. The Hall–Kier alpha value is -1.97. The number of aliphatic hydroxyl groups is 1. The molecule has 0 radical (unpaired) electrons. The second-order valence-corrected chi connectivity index (χ2v) is 12.8. The van der Waals surface area contributed by atoms with Gasteiger partial charge in [0.05, 0.1) is 12.2 Å². The molecule has 194 valence electrons. The summed E-state index contributed by atoms with van der Waals surface area (Å²) in [6.45, 7) is 5.73. The van der Waals surface area contributed by atoms with Crippen LogP contribution in [0.2, 0.25) is 0 Å². The topological polar surface area (TPSA) is 88.1 Å². The highest BCUT2D eigenvalue weighted by Crippen LogP contribution is 2.72. The van der Waals surface area contributed by atoms with Crippen molar-refractivity contribution in [2.75, 3.05) is 13.2 Å². The van der Waals surface area contributed by atoms with Crippen molar-refractivity contribution in [2.45, 2.75) is 90.2 Å². The summed E-state index contributed by atoms with van der Waals surface area (Å²) in [6.07, 6.45) is 15.4. The lowest BCUT2D eigenvalue weighted by atomic mass is 9.42. The molecule has 1 heterocycles. The first-order valence-corrected chi connectivity index (χ1v) is 14.3. The highest BCUT2D eigenvalue weighted by Gasteiger charge is 2.65. The molecule has 1 aromatic heterocycles. The third kappa shape index (κ3) is 3.72. The van der Waals surface area contributed by atoms with Crippen LogP contribution in [0, 0.1) is 51.8 Å². The van der Waals surface area contributed by atoms with Crippen molar-refractivity contribution < 1.29 is 14.6 Å². The first kappa shape index (κ1) is 24.4. The van der Waals surface area contributed by atoms with Gasteiger partial charge < -0.3 is 9.84 Å². The van der Waals surface area contributed by atoms with Gasteiger partial charge in [-0.3, -0.25) is 9.48 Å². The quantitative estimate of drug-likeness (QED) is 0.576. The van der Waals surface area contributed by atoms with Crippen molar-refractivity contribution in [3.8, 4) is 6.07 Å². The van der Waals surface area contributed by atoms with Gasteiger partial charge in [0.15, 0.2) is 11.5 Å². The number of fused-ring (bicyclic) bond motifs is 5. The number of hydrogen-bond donors (Lipinski definition) is 1. The highest BCUT2D eigenvalue weighted by atomic mass is 16.5. The second-order valence-electron chi connectivity index (χ2n) is 12.8. The number of allylic oxidation sites excluding steroid dienone is 2. The summed E-state index contributed by atoms with van der Waals surface area (Å²) in [5, 5.41) is 24.7. The fourth-order valence-corrected chi connectivity index (χ4v) is 9.64. The van der Waals surface area contributed by atoms with Gasteiger partial charge in [-0.25, -0.2) is 0 Å². The number of rotatable bonds is 7. The average Bonchev–Trinajstić information content (AvgIpc) is 3.53. The minimum absolute atomic E-state index is 0.0502. The van der Waals surface area contributed by atoms with Crippen molar-refractivity contribution in [3.05, 3.63) is 29.6 Å². The number of aromatic nitrogens is 2. The SMILES string of the molecule is CCOC[C@@]1(O)CC[C@@]2(C3CC3)[C@H](CC[C@@H]3[C@@H]2CC[C@]2(C)C(C(=O)Cn4ccc(C#N)n4)=CC[C@@H]32)C1. The van der Waals surface area contributed by atoms with E-state index in [1.54, 1.807) is 16.9 Å². The van der Waals surface area contributed by atoms with Crippen LogP contribution in [0.25, 0.3) is 0 Å². The maximum atomic E-state index is 13.4. The summed E-state index contributed by atoms with van der Waals surface area (Å²) in [4.78, 5) is 13.4. The summed E-state index contributed by atoms with van der Waals surface area (Å²) < 4.78 is 7.33. The van der Waals surface area contributed by atoms with E-state index in [1.807, 2.05) is 13.0 Å². The van der Waals surface area contributed by atoms with Gasteiger partial charge in [0, 0.05) is 12.8 Å². The predicted molar refractivity (Wildman–Crippen MR) is 136 cm³/mol. The molecular formula is C30H41N3O3. The largest absolute Gasteiger partial charge is 0.387 e. The van der Waals surface area contributed by atoms with Crippen molar-refractivity contribution in [1.29, 1.82) is 5.26 Å². The number of ether oxygens (including phenoxy) is 1. The first-order chi connectivity index (χ1) is 17.3. The Morgan fingerprint density at radius 1 is 1.19 bits per heavy atom. The Bertz CT molecular complexity index is 1100. The number of hydrogen-bond acceptors (Lipinski definition) is 5. The molecule has 0 spiro atoms. The van der Waals surface area contributed by atoms with Crippen LogP contribution in [-0.2, 0) is 16.1 Å². The van der Waals surface area contributed by atoms with Gasteiger partial charge in [-0.1, -0.05) is 13.0 Å². The van der Waals surface area contributed by atoms with Gasteiger partial charge in [0.25, 0.3) is 0 Å². The third-order valence-electron chi connectivity index (χ3n) is 11.2. The summed E-state index contributed by atoms with van der Waals surface area (Å²) in [5.74, 6) is 3.56. The number of Topliss-reactive ketones (excluding diaryl/α,β-unsaturated/α-hetero) is 1. The normalized spacial score (nSPS) is 41.6. The molecule has 4 saturated carbocycles. The van der Waals surface area contributed by atoms with Gasteiger partial charge in [-0.2, -0.15) is 10.4 Å². The first-order valence-electron chi connectivity index (χ1n) is 14.3. The van der Waals surface area contributed by atoms with E-state index in [0.29, 0.717) is 42.1 Å². The Morgan fingerprint density at radius 2 is 2.00 bits per heavy atom. The summed E-state index contributed by atoms with van der Waals surface area (Å²) in [7, 11) is 0. The van der Waals surface area contributed by atoms with Crippen LogP contribution in [0.4, 0.5) is 0 Å². The molecule has 0 unspecified atom stereocenters. The average molecular weight is 492 g/mol. The summed E-state index contributed by atoms with van der Waals surface area (Å²) in [6, 6.07) is 3.72. The van der Waals surface area contributed by atoms with Crippen molar-refractivity contribution in [1.82, 2.24) is 9.78 Å². The molecule has 0 amide bonds. The van der Waals surface area contributed by atoms with Crippen LogP contribution in [0.3, 0.4) is 0 Å². The lowest BCUT2D eigenvalue weighted by Crippen LogP contribution is -2.58. The molecule has 1 N–H and O–H groups in total. The molecule has 36 heavy (non-hydrogen) atoms. The molecule has 0 bridgehead atoms. The summed E-state index contributed by atoms with van der Waals surface area (Å²) >= 11 is 0. The zero-order valence-electron chi connectivity index (χ0n) is 21.9. The molecule has 6 nitrogen and oxygen atoms in total. The zero-order valence-corrected chi connectivity index (χ0v) is 21.9. The molecule has 0 aromatic carbocycles. The second kappa shape index (κ2) is 8.81. The van der Waals surface area contributed by atoms with Gasteiger partial charge in [0.2, 0.25) is 0 Å². The van der Waals surface area contributed by atoms with Crippen LogP contribution in [0.1, 0.15) is 83.7 Å². The maximum Gasteiger partial charge on any atom is 0.180 e. The van der Waals surface area contributed by atoms with Gasteiger partial charge in [-0.15, -0.1) is 0 Å².